The molecule has 0 spiro atoms. The van der Waals surface area contributed by atoms with Crippen LogP contribution < -0.4 is 5.73 Å². The third-order valence-electron chi connectivity index (χ3n) is 10.4. The van der Waals surface area contributed by atoms with E-state index in [1.807, 2.05) is 24.1 Å². The SMILES string of the molecule is CCCCCC1=NOC(C(=O)N(C)C2CCCCc3cc(-c4ccnc(N)c4N=C(C)C4=C(C)N(C(C)C)N(C)C4C)ccc32)=CC1C. The summed E-state index contributed by atoms with van der Waals surface area (Å²) in [4.78, 5) is 30.9. The summed E-state index contributed by atoms with van der Waals surface area (Å²) in [5.41, 5.74) is 16.0. The van der Waals surface area contributed by atoms with Crippen molar-refractivity contribution in [2.24, 2.45) is 16.1 Å². The number of carbonyl (C=O) groups is 1. The van der Waals surface area contributed by atoms with Crippen LogP contribution in [0, 0.1) is 5.92 Å². The van der Waals surface area contributed by atoms with Gasteiger partial charge in [0.1, 0.15) is 11.5 Å². The van der Waals surface area contributed by atoms with Crippen molar-refractivity contribution in [3.05, 3.63) is 64.7 Å². The first kappa shape index (κ1) is 35.3. The van der Waals surface area contributed by atoms with Crippen molar-refractivity contribution in [3.63, 3.8) is 0 Å². The Labute approximate surface area is 287 Å². The zero-order valence-electron chi connectivity index (χ0n) is 30.5. The van der Waals surface area contributed by atoms with Crippen molar-refractivity contribution in [1.82, 2.24) is 19.9 Å². The van der Waals surface area contributed by atoms with Crippen LogP contribution in [0.2, 0.25) is 0 Å². The highest BCUT2D eigenvalue weighted by Gasteiger charge is 2.34. The second kappa shape index (κ2) is 15.1. The Balaban J connectivity index is 1.43. The molecule has 0 fully saturated rings. The number of anilines is 1. The van der Waals surface area contributed by atoms with Crippen LogP contribution in [0.3, 0.4) is 0 Å². The summed E-state index contributed by atoms with van der Waals surface area (Å²) in [6.07, 6.45) is 12.0. The number of nitrogen functional groups attached to an aromatic ring is 1. The minimum atomic E-state index is -0.124. The number of aryl methyl sites for hydroxylation is 1. The molecule has 0 radical (unpaired) electrons. The molecule has 1 amide bonds. The molecule has 3 aliphatic rings. The molecule has 2 aliphatic heterocycles. The van der Waals surface area contributed by atoms with Gasteiger partial charge in [-0.25, -0.2) is 15.0 Å². The maximum absolute atomic E-state index is 13.8. The molecule has 1 aromatic carbocycles. The number of likely N-dealkylation sites (N-methyl/N-ethyl adjacent to an activating group) is 2. The van der Waals surface area contributed by atoms with Crippen molar-refractivity contribution >= 4 is 28.8 Å². The molecule has 2 aromatic rings. The average Bonchev–Trinajstić information content (AvgIpc) is 3.17. The first-order valence-electron chi connectivity index (χ1n) is 17.8. The Hall–Kier alpha value is -3.98. The summed E-state index contributed by atoms with van der Waals surface area (Å²) in [7, 11) is 4.02. The highest BCUT2D eigenvalue weighted by molar-refractivity contribution is 6.03. The predicted molar refractivity (Wildman–Crippen MR) is 197 cm³/mol. The second-order valence-corrected chi connectivity index (χ2v) is 14.0. The van der Waals surface area contributed by atoms with E-state index < -0.39 is 0 Å². The fourth-order valence-corrected chi connectivity index (χ4v) is 7.73. The topological polar surface area (TPSA) is 99.6 Å². The lowest BCUT2D eigenvalue weighted by Gasteiger charge is -2.34. The maximum Gasteiger partial charge on any atom is 0.292 e. The van der Waals surface area contributed by atoms with Gasteiger partial charge in [-0.15, -0.1) is 0 Å². The van der Waals surface area contributed by atoms with Gasteiger partial charge in [0.05, 0.1) is 17.8 Å². The normalized spacial score (nSPS) is 21.9. The Morgan fingerprint density at radius 3 is 2.65 bits per heavy atom. The number of oxime groups is 1. The molecular formula is C39H55N7O2. The standard InChI is InChI=1S/C39H55N7O2/c1-10-11-12-16-33-25(4)22-35(48-43-33)39(47)44(8)34-17-14-13-15-29-23-30(18-19-31(29)34)32-20-21-41-38(40)37(32)42-26(5)36-27(6)45(9)46(24(2)3)28(36)7/h18-25,27,34H,10-17H2,1-9H3,(H2,40,41). The minimum Gasteiger partial charge on any atom is -0.382 e. The number of benzene rings is 1. The first-order chi connectivity index (χ1) is 22.9. The number of amides is 1. The lowest BCUT2D eigenvalue weighted by molar-refractivity contribution is -0.132. The monoisotopic (exact) mass is 653 g/mol. The van der Waals surface area contributed by atoms with Crippen LogP contribution in [0.4, 0.5) is 11.5 Å². The zero-order chi connectivity index (χ0) is 34.7. The summed E-state index contributed by atoms with van der Waals surface area (Å²) in [5.74, 6) is 0.699. The number of hydrazine groups is 1. The number of rotatable bonds is 10. The van der Waals surface area contributed by atoms with Gasteiger partial charge in [-0.2, -0.15) is 0 Å². The number of aromatic nitrogens is 1. The summed E-state index contributed by atoms with van der Waals surface area (Å²) >= 11 is 0. The molecule has 2 N–H and O–H groups in total. The van der Waals surface area contributed by atoms with Gasteiger partial charge in [0.25, 0.3) is 5.91 Å². The van der Waals surface area contributed by atoms with Crippen LogP contribution in [0.5, 0.6) is 0 Å². The van der Waals surface area contributed by atoms with Gasteiger partial charge in [0.2, 0.25) is 5.76 Å². The molecule has 0 bridgehead atoms. The number of unbranched alkanes of at least 4 members (excludes halogenated alkanes) is 2. The smallest absolute Gasteiger partial charge is 0.292 e. The molecule has 3 heterocycles. The average molecular weight is 654 g/mol. The van der Waals surface area contributed by atoms with Crippen LogP contribution >= 0.6 is 0 Å². The quantitative estimate of drug-likeness (QED) is 0.157. The number of allylic oxidation sites excluding steroid dienone is 2. The number of fused-ring (bicyclic) bond motifs is 1. The van der Waals surface area contributed by atoms with Crippen LogP contribution in [-0.2, 0) is 16.1 Å². The van der Waals surface area contributed by atoms with Crippen molar-refractivity contribution in [3.8, 4) is 11.1 Å². The molecular weight excluding hydrogens is 598 g/mol. The molecule has 0 saturated carbocycles. The number of carbonyl (C=O) groups excluding carboxylic acids is 1. The summed E-state index contributed by atoms with van der Waals surface area (Å²) in [6, 6.07) is 9.07. The van der Waals surface area contributed by atoms with Crippen molar-refractivity contribution in [2.45, 2.75) is 118 Å². The fraction of sp³-hybridized carbons (Fsp3) is 0.538. The summed E-state index contributed by atoms with van der Waals surface area (Å²) in [5, 5.41) is 8.98. The molecule has 1 aromatic heterocycles. The van der Waals surface area contributed by atoms with Gasteiger partial charge in [-0.1, -0.05) is 56.5 Å². The van der Waals surface area contributed by atoms with E-state index in [1.54, 1.807) is 6.20 Å². The van der Waals surface area contributed by atoms with Gasteiger partial charge in [0, 0.05) is 54.8 Å². The minimum absolute atomic E-state index is 0.0549. The molecule has 3 atom stereocenters. The molecule has 48 heavy (non-hydrogen) atoms. The van der Waals surface area contributed by atoms with E-state index >= 15 is 0 Å². The molecule has 5 rings (SSSR count). The van der Waals surface area contributed by atoms with Gasteiger partial charge < -0.3 is 20.5 Å². The predicted octanol–water partition coefficient (Wildman–Crippen LogP) is 8.37. The molecule has 3 unspecified atom stereocenters. The summed E-state index contributed by atoms with van der Waals surface area (Å²) in [6.45, 7) is 15.2. The number of hydrogen-bond acceptors (Lipinski definition) is 8. The lowest BCUT2D eigenvalue weighted by Crippen LogP contribution is -2.42. The number of hydrogen-bond donors (Lipinski definition) is 1. The molecule has 1 aliphatic carbocycles. The largest absolute Gasteiger partial charge is 0.382 e. The number of nitrogens with two attached hydrogens (primary N) is 1. The lowest BCUT2D eigenvalue weighted by atomic mass is 9.93. The molecule has 9 heteroatoms. The van der Waals surface area contributed by atoms with E-state index in [9.17, 15) is 4.79 Å². The van der Waals surface area contributed by atoms with Crippen LogP contribution in [0.25, 0.3) is 11.1 Å². The van der Waals surface area contributed by atoms with E-state index in [0.717, 1.165) is 67.5 Å². The molecule has 0 saturated heterocycles. The number of aliphatic imine (C=N–C) groups is 1. The summed E-state index contributed by atoms with van der Waals surface area (Å²) < 4.78 is 0. The van der Waals surface area contributed by atoms with Crippen molar-refractivity contribution in [1.29, 1.82) is 0 Å². The first-order valence-corrected chi connectivity index (χ1v) is 17.8. The van der Waals surface area contributed by atoms with E-state index in [1.165, 1.54) is 28.8 Å². The van der Waals surface area contributed by atoms with Gasteiger partial charge in [0.15, 0.2) is 0 Å². The highest BCUT2D eigenvalue weighted by Crippen LogP contribution is 2.40. The zero-order valence-corrected chi connectivity index (χ0v) is 30.5. The van der Waals surface area contributed by atoms with E-state index in [0.29, 0.717) is 23.3 Å². The Morgan fingerprint density at radius 2 is 1.96 bits per heavy atom. The second-order valence-electron chi connectivity index (χ2n) is 14.0. The van der Waals surface area contributed by atoms with Gasteiger partial charge >= 0.3 is 0 Å². The Kier molecular flexibility index (Phi) is 11.1. The number of pyridine rings is 1. The van der Waals surface area contributed by atoms with Crippen molar-refractivity contribution in [2.75, 3.05) is 19.8 Å². The van der Waals surface area contributed by atoms with Crippen LogP contribution in [-0.4, -0.2) is 63.4 Å². The van der Waals surface area contributed by atoms with Crippen LogP contribution in [0.15, 0.2) is 63.7 Å². The highest BCUT2D eigenvalue weighted by atomic mass is 16.6. The fourth-order valence-electron chi connectivity index (χ4n) is 7.73. The maximum atomic E-state index is 13.8. The van der Waals surface area contributed by atoms with E-state index in [-0.39, 0.29) is 23.9 Å². The Bertz CT molecular complexity index is 1640. The molecule has 258 valence electrons. The Morgan fingerprint density at radius 1 is 1.19 bits per heavy atom. The van der Waals surface area contributed by atoms with Gasteiger partial charge in [-0.3, -0.25) is 4.79 Å². The number of nitrogens with zero attached hydrogens (tertiary/aromatic N) is 6. The third-order valence-corrected chi connectivity index (χ3v) is 10.4. The molecule has 9 nitrogen and oxygen atoms in total. The van der Waals surface area contributed by atoms with Gasteiger partial charge in [-0.05, 0) is 95.6 Å². The van der Waals surface area contributed by atoms with Crippen LogP contribution in [0.1, 0.15) is 111 Å². The van der Waals surface area contributed by atoms with E-state index in [4.69, 9.17) is 15.6 Å². The third kappa shape index (κ3) is 7.07. The van der Waals surface area contributed by atoms with Crippen molar-refractivity contribution < 1.29 is 9.63 Å². The van der Waals surface area contributed by atoms with E-state index in [2.05, 4.69) is 93.9 Å².